The van der Waals surface area contributed by atoms with Crippen molar-refractivity contribution in [2.24, 2.45) is 13.0 Å². The van der Waals surface area contributed by atoms with Crippen LogP contribution in [0.4, 0.5) is 0 Å². The average molecular weight is 369 g/mol. The third-order valence-corrected chi connectivity index (χ3v) is 3.48. The molecule has 0 bridgehead atoms. The van der Waals surface area contributed by atoms with Crippen LogP contribution >= 0.6 is 15.9 Å². The van der Waals surface area contributed by atoms with Gasteiger partial charge in [0.2, 0.25) is 5.91 Å². The standard InChI is InChI=1S/C13H17BrN6O2/c1-8(5-20-6-10(14)4-15-20)12(21)16-17-13(22)11-7-19(3)18-9(11)2/h4,6-8H,5H2,1-3H3,(H,16,21)(H,17,22). The van der Waals surface area contributed by atoms with E-state index >= 15 is 0 Å². The minimum atomic E-state index is -0.395. The van der Waals surface area contributed by atoms with Gasteiger partial charge in [-0.1, -0.05) is 6.92 Å². The quantitative estimate of drug-likeness (QED) is 0.779. The van der Waals surface area contributed by atoms with Gasteiger partial charge in [0.15, 0.2) is 0 Å². The molecule has 2 amide bonds. The van der Waals surface area contributed by atoms with Crippen LogP contribution in [0.1, 0.15) is 23.0 Å². The summed E-state index contributed by atoms with van der Waals surface area (Å²) in [7, 11) is 1.73. The summed E-state index contributed by atoms with van der Waals surface area (Å²) in [6, 6.07) is 0. The van der Waals surface area contributed by atoms with Crippen molar-refractivity contribution in [3.63, 3.8) is 0 Å². The van der Waals surface area contributed by atoms with E-state index in [1.54, 1.807) is 48.8 Å². The van der Waals surface area contributed by atoms with Gasteiger partial charge in [-0.3, -0.25) is 29.8 Å². The molecule has 8 nitrogen and oxygen atoms in total. The second-order valence-corrected chi connectivity index (χ2v) is 5.94. The predicted molar refractivity (Wildman–Crippen MR) is 82.6 cm³/mol. The number of aromatic nitrogens is 4. The molecule has 0 saturated carbocycles. The lowest BCUT2D eigenvalue weighted by molar-refractivity contribution is -0.125. The van der Waals surface area contributed by atoms with Gasteiger partial charge in [0.25, 0.3) is 5.91 Å². The topological polar surface area (TPSA) is 93.8 Å². The molecule has 0 saturated heterocycles. The van der Waals surface area contributed by atoms with Crippen LogP contribution in [0, 0.1) is 12.8 Å². The third kappa shape index (κ3) is 3.94. The van der Waals surface area contributed by atoms with Crippen LogP contribution in [0.3, 0.4) is 0 Å². The third-order valence-electron chi connectivity index (χ3n) is 3.07. The van der Waals surface area contributed by atoms with Crippen molar-refractivity contribution in [1.82, 2.24) is 30.4 Å². The van der Waals surface area contributed by atoms with Crippen LogP contribution in [-0.2, 0) is 18.4 Å². The lowest BCUT2D eigenvalue weighted by Crippen LogP contribution is -2.44. The maximum atomic E-state index is 12.0. The highest BCUT2D eigenvalue weighted by atomic mass is 79.9. The molecule has 22 heavy (non-hydrogen) atoms. The number of hydrazine groups is 1. The Morgan fingerprint density at radius 3 is 2.64 bits per heavy atom. The lowest BCUT2D eigenvalue weighted by atomic mass is 10.2. The number of rotatable bonds is 4. The minimum absolute atomic E-state index is 0.290. The van der Waals surface area contributed by atoms with Crippen molar-refractivity contribution in [2.75, 3.05) is 0 Å². The van der Waals surface area contributed by atoms with Crippen LogP contribution < -0.4 is 10.9 Å². The van der Waals surface area contributed by atoms with Crippen LogP contribution in [0.5, 0.6) is 0 Å². The van der Waals surface area contributed by atoms with Crippen molar-refractivity contribution >= 4 is 27.7 Å². The van der Waals surface area contributed by atoms with E-state index in [1.165, 1.54) is 0 Å². The molecule has 2 N–H and O–H groups in total. The van der Waals surface area contributed by atoms with Crippen LogP contribution in [0.15, 0.2) is 23.1 Å². The summed E-state index contributed by atoms with van der Waals surface area (Å²) in [6.07, 6.45) is 5.03. The van der Waals surface area contributed by atoms with Gasteiger partial charge in [-0.05, 0) is 22.9 Å². The Balaban J connectivity index is 1.86. The second-order valence-electron chi connectivity index (χ2n) is 5.03. The van der Waals surface area contributed by atoms with E-state index in [1.807, 2.05) is 0 Å². The van der Waals surface area contributed by atoms with Gasteiger partial charge < -0.3 is 0 Å². The van der Waals surface area contributed by atoms with Crippen molar-refractivity contribution in [2.45, 2.75) is 20.4 Å². The minimum Gasteiger partial charge on any atom is -0.275 e. The van der Waals surface area contributed by atoms with E-state index in [4.69, 9.17) is 0 Å². The average Bonchev–Trinajstić information content (AvgIpc) is 3.01. The summed E-state index contributed by atoms with van der Waals surface area (Å²) >= 11 is 3.29. The highest BCUT2D eigenvalue weighted by Crippen LogP contribution is 2.08. The number of carbonyl (C=O) groups excluding carboxylic acids is 2. The van der Waals surface area contributed by atoms with Gasteiger partial charge in [0.05, 0.1) is 34.4 Å². The molecule has 2 heterocycles. The van der Waals surface area contributed by atoms with Crippen LogP contribution in [-0.4, -0.2) is 31.4 Å². The molecule has 0 aliphatic heterocycles. The van der Waals surface area contributed by atoms with E-state index in [9.17, 15) is 9.59 Å². The Bertz CT molecular complexity index is 693. The number of nitrogens with zero attached hydrogens (tertiary/aromatic N) is 4. The summed E-state index contributed by atoms with van der Waals surface area (Å²) in [5, 5.41) is 8.17. The molecule has 2 aromatic heterocycles. The Morgan fingerprint density at radius 1 is 1.36 bits per heavy atom. The molecular weight excluding hydrogens is 352 g/mol. The van der Waals surface area contributed by atoms with E-state index in [0.717, 1.165) is 4.47 Å². The molecule has 0 aliphatic carbocycles. The van der Waals surface area contributed by atoms with Gasteiger partial charge in [-0.25, -0.2) is 0 Å². The summed E-state index contributed by atoms with van der Waals surface area (Å²) < 4.78 is 4.05. The fourth-order valence-electron chi connectivity index (χ4n) is 1.93. The summed E-state index contributed by atoms with van der Waals surface area (Å²) in [5.41, 5.74) is 5.83. The number of nitrogens with one attached hydrogen (secondary N) is 2. The Kier molecular flexibility index (Phi) is 4.96. The monoisotopic (exact) mass is 368 g/mol. The first kappa shape index (κ1) is 16.2. The lowest BCUT2D eigenvalue weighted by Gasteiger charge is -2.12. The molecule has 1 unspecified atom stereocenters. The number of amides is 2. The maximum absolute atomic E-state index is 12.0. The molecule has 2 rings (SSSR count). The molecule has 0 fully saturated rings. The number of hydrogen-bond donors (Lipinski definition) is 2. The molecule has 1 atom stereocenters. The Labute approximate surface area is 136 Å². The first-order chi connectivity index (χ1) is 10.4. The first-order valence-electron chi connectivity index (χ1n) is 6.65. The molecule has 0 spiro atoms. The fraction of sp³-hybridized carbons (Fsp3) is 0.385. The first-order valence-corrected chi connectivity index (χ1v) is 7.44. The van der Waals surface area contributed by atoms with Crippen LogP contribution in [0.2, 0.25) is 0 Å². The molecule has 118 valence electrons. The molecule has 0 aliphatic rings. The van der Waals surface area contributed by atoms with Crippen LogP contribution in [0.25, 0.3) is 0 Å². The van der Waals surface area contributed by atoms with Crippen molar-refractivity contribution in [1.29, 1.82) is 0 Å². The zero-order chi connectivity index (χ0) is 16.3. The zero-order valence-electron chi connectivity index (χ0n) is 12.5. The largest absolute Gasteiger partial charge is 0.275 e. The molecule has 0 radical (unpaired) electrons. The van der Waals surface area contributed by atoms with Crippen molar-refractivity contribution in [3.05, 3.63) is 34.3 Å². The normalized spacial score (nSPS) is 12.0. The SMILES string of the molecule is Cc1nn(C)cc1C(=O)NNC(=O)C(C)Cn1cc(Br)cn1. The summed E-state index contributed by atoms with van der Waals surface area (Å²) in [6.45, 7) is 3.90. The van der Waals surface area contributed by atoms with Crippen molar-refractivity contribution < 1.29 is 9.59 Å². The van der Waals surface area contributed by atoms with Gasteiger partial charge in [0, 0.05) is 19.4 Å². The van der Waals surface area contributed by atoms with E-state index < -0.39 is 5.91 Å². The van der Waals surface area contributed by atoms with Gasteiger partial charge in [-0.2, -0.15) is 10.2 Å². The van der Waals surface area contributed by atoms with Crippen molar-refractivity contribution in [3.8, 4) is 0 Å². The second kappa shape index (κ2) is 6.73. The highest BCUT2D eigenvalue weighted by Gasteiger charge is 2.17. The molecular formula is C13H17BrN6O2. The molecule has 0 aromatic carbocycles. The maximum Gasteiger partial charge on any atom is 0.273 e. The number of carbonyl (C=O) groups is 2. The Morgan fingerprint density at radius 2 is 2.09 bits per heavy atom. The Hall–Kier alpha value is -2.16. The number of aryl methyl sites for hydroxylation is 2. The number of hydrogen-bond acceptors (Lipinski definition) is 4. The smallest absolute Gasteiger partial charge is 0.273 e. The summed E-state index contributed by atoms with van der Waals surface area (Å²) in [4.78, 5) is 23.9. The van der Waals surface area contributed by atoms with Gasteiger partial charge in [0.1, 0.15) is 0 Å². The predicted octanol–water partition coefficient (Wildman–Crippen LogP) is 0.785. The van der Waals surface area contributed by atoms with Gasteiger partial charge >= 0.3 is 0 Å². The summed E-state index contributed by atoms with van der Waals surface area (Å²) in [5.74, 6) is -1.03. The van der Waals surface area contributed by atoms with E-state index in [-0.39, 0.29) is 11.8 Å². The van der Waals surface area contributed by atoms with E-state index in [0.29, 0.717) is 17.8 Å². The number of halogens is 1. The molecule has 2 aromatic rings. The van der Waals surface area contributed by atoms with E-state index in [2.05, 4.69) is 37.0 Å². The fourth-order valence-corrected chi connectivity index (χ4v) is 2.26. The zero-order valence-corrected chi connectivity index (χ0v) is 14.1. The molecule has 9 heteroatoms. The van der Waals surface area contributed by atoms with Gasteiger partial charge in [-0.15, -0.1) is 0 Å². The highest BCUT2D eigenvalue weighted by molar-refractivity contribution is 9.10.